The Labute approximate surface area is 165 Å². The summed E-state index contributed by atoms with van der Waals surface area (Å²) in [6.45, 7) is 1.81. The molecule has 0 saturated carbocycles. The van der Waals surface area contributed by atoms with E-state index in [2.05, 4.69) is 15.5 Å². The third-order valence-corrected chi connectivity index (χ3v) is 4.66. The number of aryl methyl sites for hydroxylation is 1. The van der Waals surface area contributed by atoms with E-state index in [0.717, 1.165) is 0 Å². The van der Waals surface area contributed by atoms with Crippen molar-refractivity contribution < 1.29 is 14.6 Å². The minimum Gasteiger partial charge on any atom is -0.504 e. The zero-order chi connectivity index (χ0) is 19.6. The smallest absolute Gasteiger partial charge is 0.272 e. The summed E-state index contributed by atoms with van der Waals surface area (Å²) in [6, 6.07) is 10.4. The molecule has 3 aromatic rings. The van der Waals surface area contributed by atoms with Crippen LogP contribution in [-0.4, -0.2) is 29.3 Å². The standard InChI is InChI=1S/C19H15Cl2N3O3/c1-10-7-12(11-5-3-4-6-15(11)23-10)19(26)24-22-9-13-17(21)14(20)8-16(27-2)18(13)25/h3-9,25H,1-2H3,(H,24,26). The number of benzene rings is 2. The van der Waals surface area contributed by atoms with Crippen LogP contribution in [-0.2, 0) is 0 Å². The number of ether oxygens (including phenoxy) is 1. The highest BCUT2D eigenvalue weighted by Crippen LogP contribution is 2.39. The van der Waals surface area contributed by atoms with Crippen molar-refractivity contribution in [3.63, 3.8) is 0 Å². The number of nitrogens with one attached hydrogen (secondary N) is 1. The fraction of sp³-hybridized carbons (Fsp3) is 0.105. The Hall–Kier alpha value is -2.83. The Bertz CT molecular complexity index is 1070. The molecule has 6 nitrogen and oxygen atoms in total. The summed E-state index contributed by atoms with van der Waals surface area (Å²) in [6.07, 6.45) is 1.21. The molecule has 3 rings (SSSR count). The van der Waals surface area contributed by atoms with Crippen molar-refractivity contribution in [1.29, 1.82) is 0 Å². The number of carbonyl (C=O) groups is 1. The molecule has 27 heavy (non-hydrogen) atoms. The lowest BCUT2D eigenvalue weighted by Gasteiger charge is -2.09. The zero-order valence-corrected chi connectivity index (χ0v) is 16.0. The lowest BCUT2D eigenvalue weighted by molar-refractivity contribution is 0.0956. The molecule has 1 aromatic heterocycles. The van der Waals surface area contributed by atoms with Gasteiger partial charge in [-0.05, 0) is 19.1 Å². The lowest BCUT2D eigenvalue weighted by Crippen LogP contribution is -2.18. The van der Waals surface area contributed by atoms with Gasteiger partial charge in [0.25, 0.3) is 5.91 Å². The predicted octanol–water partition coefficient (Wildman–Crippen LogP) is 4.33. The second-order valence-corrected chi connectivity index (χ2v) is 6.45. The molecule has 1 heterocycles. The first-order valence-corrected chi connectivity index (χ1v) is 8.62. The molecule has 0 saturated heterocycles. The van der Waals surface area contributed by atoms with Crippen LogP contribution in [0.25, 0.3) is 10.9 Å². The van der Waals surface area contributed by atoms with Crippen molar-refractivity contribution in [2.24, 2.45) is 5.10 Å². The van der Waals surface area contributed by atoms with Crippen LogP contribution in [0, 0.1) is 6.92 Å². The first kappa shape index (κ1) is 18.9. The maximum Gasteiger partial charge on any atom is 0.272 e. The van der Waals surface area contributed by atoms with Crippen LogP contribution in [0.15, 0.2) is 41.5 Å². The number of halogens is 2. The Morgan fingerprint density at radius 3 is 2.78 bits per heavy atom. The predicted molar refractivity (Wildman–Crippen MR) is 106 cm³/mol. The molecule has 138 valence electrons. The largest absolute Gasteiger partial charge is 0.504 e. The number of carbonyl (C=O) groups excluding carboxylic acids is 1. The number of rotatable bonds is 4. The molecular formula is C19H15Cl2N3O3. The molecule has 2 N–H and O–H groups in total. The number of hydrogen-bond acceptors (Lipinski definition) is 5. The number of aromatic hydroxyl groups is 1. The number of pyridine rings is 1. The molecular weight excluding hydrogens is 389 g/mol. The molecule has 0 atom stereocenters. The van der Waals surface area contributed by atoms with Crippen molar-refractivity contribution in [1.82, 2.24) is 10.4 Å². The van der Waals surface area contributed by atoms with Gasteiger partial charge in [-0.1, -0.05) is 41.4 Å². The molecule has 0 aliphatic heterocycles. The second kappa shape index (κ2) is 7.82. The number of fused-ring (bicyclic) bond motifs is 1. The molecule has 8 heteroatoms. The highest BCUT2D eigenvalue weighted by atomic mass is 35.5. The highest BCUT2D eigenvalue weighted by Gasteiger charge is 2.15. The molecule has 2 aromatic carbocycles. The monoisotopic (exact) mass is 403 g/mol. The van der Waals surface area contributed by atoms with E-state index in [-0.39, 0.29) is 27.1 Å². The Balaban J connectivity index is 1.90. The van der Waals surface area contributed by atoms with Crippen LogP contribution >= 0.6 is 23.2 Å². The van der Waals surface area contributed by atoms with Gasteiger partial charge in [0, 0.05) is 17.1 Å². The van der Waals surface area contributed by atoms with Crippen LogP contribution in [0.5, 0.6) is 11.5 Å². The van der Waals surface area contributed by atoms with Crippen molar-refractivity contribution >= 4 is 46.2 Å². The number of phenolic OH excluding ortho intramolecular Hbond substituents is 1. The number of methoxy groups -OCH3 is 1. The van der Waals surface area contributed by atoms with Crippen LogP contribution in [0.4, 0.5) is 0 Å². The van der Waals surface area contributed by atoms with E-state index in [4.69, 9.17) is 27.9 Å². The maximum absolute atomic E-state index is 12.6. The number of nitrogens with zero attached hydrogens (tertiary/aromatic N) is 2. The molecule has 0 spiro atoms. The Morgan fingerprint density at radius 1 is 1.30 bits per heavy atom. The van der Waals surface area contributed by atoms with Gasteiger partial charge in [-0.3, -0.25) is 9.78 Å². The SMILES string of the molecule is COc1cc(Cl)c(Cl)c(C=NNC(=O)c2cc(C)nc3ccccc23)c1O. The van der Waals surface area contributed by atoms with Crippen molar-refractivity contribution in [3.8, 4) is 11.5 Å². The minimum atomic E-state index is -0.419. The number of amides is 1. The van der Waals surface area contributed by atoms with Gasteiger partial charge in [0.15, 0.2) is 11.5 Å². The Morgan fingerprint density at radius 2 is 2.04 bits per heavy atom. The average Bonchev–Trinajstić information content (AvgIpc) is 2.66. The van der Waals surface area contributed by atoms with Gasteiger partial charge in [0.05, 0.1) is 40.0 Å². The van der Waals surface area contributed by atoms with Crippen molar-refractivity contribution in [2.75, 3.05) is 7.11 Å². The first-order chi connectivity index (χ1) is 12.9. The van der Waals surface area contributed by atoms with Crippen LogP contribution in [0.1, 0.15) is 21.6 Å². The first-order valence-electron chi connectivity index (χ1n) is 7.87. The number of para-hydroxylation sites is 1. The second-order valence-electron chi connectivity index (χ2n) is 5.66. The number of aromatic nitrogens is 1. The van der Waals surface area contributed by atoms with E-state index in [1.54, 1.807) is 6.07 Å². The van der Waals surface area contributed by atoms with E-state index in [1.807, 2.05) is 31.2 Å². The molecule has 0 fully saturated rings. The fourth-order valence-corrected chi connectivity index (χ4v) is 2.99. The van der Waals surface area contributed by atoms with Crippen LogP contribution in [0.2, 0.25) is 10.0 Å². The molecule has 0 aliphatic carbocycles. The maximum atomic E-state index is 12.6. The van der Waals surface area contributed by atoms with Gasteiger partial charge in [-0.25, -0.2) is 5.43 Å². The van der Waals surface area contributed by atoms with Gasteiger partial charge in [-0.2, -0.15) is 5.10 Å². The zero-order valence-electron chi connectivity index (χ0n) is 14.5. The molecule has 0 aliphatic rings. The van der Waals surface area contributed by atoms with Crippen LogP contribution in [0.3, 0.4) is 0 Å². The summed E-state index contributed by atoms with van der Waals surface area (Å²) < 4.78 is 5.03. The quantitative estimate of drug-likeness (QED) is 0.501. The molecule has 0 bridgehead atoms. The molecule has 0 radical (unpaired) electrons. The lowest BCUT2D eigenvalue weighted by atomic mass is 10.1. The van der Waals surface area contributed by atoms with Gasteiger partial charge < -0.3 is 9.84 Å². The summed E-state index contributed by atoms with van der Waals surface area (Å²) in [7, 11) is 1.39. The number of hydrazone groups is 1. The molecule has 1 amide bonds. The summed E-state index contributed by atoms with van der Waals surface area (Å²) in [4.78, 5) is 17.0. The van der Waals surface area contributed by atoms with Crippen molar-refractivity contribution in [2.45, 2.75) is 6.92 Å². The highest BCUT2D eigenvalue weighted by molar-refractivity contribution is 6.43. The summed E-state index contributed by atoms with van der Waals surface area (Å²) in [5, 5.41) is 15.1. The number of hydrogen-bond donors (Lipinski definition) is 2. The molecule has 0 unspecified atom stereocenters. The topological polar surface area (TPSA) is 83.8 Å². The summed E-state index contributed by atoms with van der Waals surface area (Å²) in [5.41, 5.74) is 4.43. The van der Waals surface area contributed by atoms with Crippen molar-refractivity contribution in [3.05, 3.63) is 63.3 Å². The van der Waals surface area contributed by atoms with Gasteiger partial charge in [0.2, 0.25) is 0 Å². The van der Waals surface area contributed by atoms with E-state index in [1.165, 1.54) is 19.4 Å². The van der Waals surface area contributed by atoms with Gasteiger partial charge >= 0.3 is 0 Å². The van der Waals surface area contributed by atoms with E-state index in [9.17, 15) is 9.90 Å². The van der Waals surface area contributed by atoms with E-state index >= 15 is 0 Å². The minimum absolute atomic E-state index is 0.0955. The van der Waals surface area contributed by atoms with E-state index in [0.29, 0.717) is 22.2 Å². The third kappa shape index (κ3) is 3.82. The Kier molecular flexibility index (Phi) is 5.48. The normalized spacial score (nSPS) is 11.1. The fourth-order valence-electron chi connectivity index (χ4n) is 2.60. The summed E-state index contributed by atoms with van der Waals surface area (Å²) in [5.74, 6) is -0.499. The van der Waals surface area contributed by atoms with Crippen LogP contribution < -0.4 is 10.2 Å². The van der Waals surface area contributed by atoms with Gasteiger partial charge in [0.1, 0.15) is 0 Å². The average molecular weight is 404 g/mol. The third-order valence-electron chi connectivity index (χ3n) is 3.86. The van der Waals surface area contributed by atoms with Gasteiger partial charge in [-0.15, -0.1) is 0 Å². The summed E-state index contributed by atoms with van der Waals surface area (Å²) >= 11 is 12.1. The number of phenols is 1. The van der Waals surface area contributed by atoms with E-state index < -0.39 is 5.91 Å².